The minimum atomic E-state index is -1.37. The number of aliphatic hydroxyl groups is 3. The first kappa shape index (κ1) is 29.6. The number of aliphatic hydroxyl groups excluding tert-OH is 3. The zero-order valence-corrected chi connectivity index (χ0v) is 23.2. The maximum absolute atomic E-state index is 13.3. The summed E-state index contributed by atoms with van der Waals surface area (Å²) in [6, 6.07) is -0.689. The number of hydrogen-bond donors (Lipinski definition) is 4. The Hall–Kier alpha value is 0.390. The van der Waals surface area contributed by atoms with Gasteiger partial charge in [-0.2, -0.15) is 0 Å². The van der Waals surface area contributed by atoms with Crippen LogP contribution in [0.1, 0.15) is 52.4 Å². The van der Waals surface area contributed by atoms with Crippen LogP contribution in [0, 0.1) is 11.8 Å². The average molecular weight is 574 g/mol. The highest BCUT2D eigenvalue weighted by Crippen LogP contribution is 2.31. The van der Waals surface area contributed by atoms with E-state index in [0.29, 0.717) is 12.5 Å². The highest BCUT2D eigenvalue weighted by Gasteiger charge is 2.48. The molecule has 2 fully saturated rings. The Morgan fingerprint density at radius 3 is 2.48 bits per heavy atom. The first-order valence-electron chi connectivity index (χ1n) is 12.2. The molecule has 33 heavy (non-hydrogen) atoms. The molecule has 0 bridgehead atoms. The van der Waals surface area contributed by atoms with E-state index in [1.807, 2.05) is 0 Å². The fraction of sp³-hybridized carbons (Fsp3) is 0.957. The summed E-state index contributed by atoms with van der Waals surface area (Å²) in [6.07, 6.45) is 3.53. The Bertz CT molecular complexity index is 591. The van der Waals surface area contributed by atoms with Crippen molar-refractivity contribution in [1.82, 2.24) is 10.2 Å². The number of nitrogens with one attached hydrogen (secondary N) is 1. The highest BCUT2D eigenvalue weighted by molar-refractivity contribution is 9.09. The molecule has 0 saturated carbocycles. The van der Waals surface area contributed by atoms with E-state index in [1.165, 1.54) is 31.0 Å². The number of unbranched alkanes of at least 4 members (excludes halogenated alkanes) is 3. The summed E-state index contributed by atoms with van der Waals surface area (Å²) in [5.74, 6) is 0.224. The third-order valence-electron chi connectivity index (χ3n) is 6.92. The summed E-state index contributed by atoms with van der Waals surface area (Å²) in [5, 5.41) is 34.6. The van der Waals surface area contributed by atoms with Gasteiger partial charge >= 0.3 is 0 Å². The van der Waals surface area contributed by atoms with Crippen LogP contribution in [-0.2, 0) is 9.53 Å². The van der Waals surface area contributed by atoms with Gasteiger partial charge in [-0.25, -0.2) is 0 Å². The number of amides is 1. The van der Waals surface area contributed by atoms with E-state index in [4.69, 9.17) is 16.3 Å². The minimum Gasteiger partial charge on any atom is -0.388 e. The number of ether oxygens (including phenoxy) is 1. The van der Waals surface area contributed by atoms with Crippen molar-refractivity contribution in [1.29, 1.82) is 0 Å². The zero-order valence-electron chi connectivity index (χ0n) is 20.0. The molecule has 2 heterocycles. The standard InChI is InChI=1S/C23H42BrClN2O5S/c1-4-15-11-16(13-27(12-15)10-8-6-5-7-9-24)22(31)26-17(14(2)25)21-19(29)18(28)20(30)23(32-21)33-3/h14-21,23,28-30H,4-13H2,1-3H3,(H,26,31)/t14?,15?,16?,17?,18-,19-,20?,21?,23-/m1/s1. The van der Waals surface area contributed by atoms with E-state index in [0.717, 1.165) is 37.7 Å². The summed E-state index contributed by atoms with van der Waals surface area (Å²) < 4.78 is 5.88. The molecule has 0 aliphatic carbocycles. The summed E-state index contributed by atoms with van der Waals surface area (Å²) in [5.41, 5.74) is -0.706. The van der Waals surface area contributed by atoms with Gasteiger partial charge in [0.15, 0.2) is 0 Å². The van der Waals surface area contributed by atoms with Crippen molar-refractivity contribution in [2.45, 2.75) is 93.6 Å². The zero-order chi connectivity index (χ0) is 24.5. The summed E-state index contributed by atoms with van der Waals surface area (Å²) >= 11 is 11.1. The Morgan fingerprint density at radius 2 is 1.88 bits per heavy atom. The molecule has 0 spiro atoms. The summed E-state index contributed by atoms with van der Waals surface area (Å²) in [6.45, 7) is 6.65. The van der Waals surface area contributed by atoms with Gasteiger partial charge in [0.05, 0.1) is 17.3 Å². The number of hydrogen-bond acceptors (Lipinski definition) is 7. The highest BCUT2D eigenvalue weighted by atomic mass is 79.9. The van der Waals surface area contributed by atoms with Crippen LogP contribution in [-0.4, -0.2) is 98.6 Å². The number of alkyl halides is 2. The smallest absolute Gasteiger partial charge is 0.224 e. The first-order chi connectivity index (χ1) is 15.7. The van der Waals surface area contributed by atoms with Gasteiger partial charge in [-0.3, -0.25) is 4.79 Å². The van der Waals surface area contributed by atoms with Gasteiger partial charge in [0, 0.05) is 18.4 Å². The molecule has 2 aliphatic rings. The van der Waals surface area contributed by atoms with Crippen molar-refractivity contribution in [3.63, 3.8) is 0 Å². The van der Waals surface area contributed by atoms with Crippen LogP contribution in [0.25, 0.3) is 0 Å². The monoisotopic (exact) mass is 572 g/mol. The molecule has 0 radical (unpaired) electrons. The Labute approximate surface area is 216 Å². The molecule has 0 aromatic rings. The Balaban J connectivity index is 2.02. The number of halogens is 2. The van der Waals surface area contributed by atoms with E-state index >= 15 is 0 Å². The molecular formula is C23H42BrClN2O5S. The molecule has 10 heteroatoms. The molecule has 6 unspecified atom stereocenters. The minimum absolute atomic E-state index is 0.0907. The number of nitrogens with zero attached hydrogens (tertiary/aromatic N) is 1. The number of thioether (sulfide) groups is 1. The van der Waals surface area contributed by atoms with Crippen LogP contribution >= 0.6 is 39.3 Å². The second kappa shape index (κ2) is 14.8. The van der Waals surface area contributed by atoms with Crippen LogP contribution < -0.4 is 5.32 Å². The van der Waals surface area contributed by atoms with Crippen LogP contribution in [0.5, 0.6) is 0 Å². The van der Waals surface area contributed by atoms with Crippen molar-refractivity contribution in [2.75, 3.05) is 31.2 Å². The molecule has 2 saturated heterocycles. The van der Waals surface area contributed by atoms with Crippen molar-refractivity contribution in [3.8, 4) is 0 Å². The fourth-order valence-electron chi connectivity index (χ4n) is 4.86. The maximum Gasteiger partial charge on any atom is 0.224 e. The lowest BCUT2D eigenvalue weighted by molar-refractivity contribution is -0.205. The van der Waals surface area contributed by atoms with Gasteiger partial charge in [-0.15, -0.1) is 23.4 Å². The van der Waals surface area contributed by atoms with Crippen molar-refractivity contribution in [2.24, 2.45) is 11.8 Å². The summed E-state index contributed by atoms with van der Waals surface area (Å²) in [4.78, 5) is 15.7. The molecular weight excluding hydrogens is 532 g/mol. The maximum atomic E-state index is 13.3. The van der Waals surface area contributed by atoms with Gasteiger partial charge in [0.1, 0.15) is 29.9 Å². The van der Waals surface area contributed by atoms with E-state index in [2.05, 4.69) is 33.1 Å². The van der Waals surface area contributed by atoms with Crippen molar-refractivity contribution in [3.05, 3.63) is 0 Å². The number of carbonyl (C=O) groups excluding carboxylic acids is 1. The molecule has 0 aromatic heterocycles. The normalized spacial score (nSPS) is 35.2. The first-order valence-corrected chi connectivity index (χ1v) is 15.0. The average Bonchev–Trinajstić information content (AvgIpc) is 2.81. The lowest BCUT2D eigenvalue weighted by Crippen LogP contribution is -2.65. The van der Waals surface area contributed by atoms with Crippen LogP contribution in [0.4, 0.5) is 0 Å². The lowest BCUT2D eigenvalue weighted by Gasteiger charge is -2.44. The Morgan fingerprint density at radius 1 is 1.18 bits per heavy atom. The second-order valence-electron chi connectivity index (χ2n) is 9.46. The van der Waals surface area contributed by atoms with E-state index in [1.54, 1.807) is 13.2 Å². The topological polar surface area (TPSA) is 102 Å². The molecule has 1 amide bonds. The quantitative estimate of drug-likeness (QED) is 0.210. The van der Waals surface area contributed by atoms with Gasteiger partial charge < -0.3 is 30.3 Å². The lowest BCUT2D eigenvalue weighted by atomic mass is 9.86. The predicted molar refractivity (Wildman–Crippen MR) is 138 cm³/mol. The van der Waals surface area contributed by atoms with Crippen LogP contribution in [0.3, 0.4) is 0 Å². The van der Waals surface area contributed by atoms with Gasteiger partial charge in [-0.1, -0.05) is 42.1 Å². The molecule has 2 rings (SSSR count). The molecule has 4 N–H and O–H groups in total. The van der Waals surface area contributed by atoms with Crippen molar-refractivity contribution < 1.29 is 24.9 Å². The van der Waals surface area contributed by atoms with E-state index < -0.39 is 41.3 Å². The molecule has 9 atom stereocenters. The third-order valence-corrected chi connectivity index (χ3v) is 8.60. The van der Waals surface area contributed by atoms with E-state index in [-0.39, 0.29) is 11.8 Å². The van der Waals surface area contributed by atoms with Gasteiger partial charge in [0.2, 0.25) is 5.91 Å². The number of rotatable bonds is 12. The number of carbonyl (C=O) groups is 1. The molecule has 2 aliphatic heterocycles. The van der Waals surface area contributed by atoms with E-state index in [9.17, 15) is 20.1 Å². The number of likely N-dealkylation sites (tertiary alicyclic amines) is 1. The van der Waals surface area contributed by atoms with Gasteiger partial charge in [0.25, 0.3) is 0 Å². The van der Waals surface area contributed by atoms with Crippen molar-refractivity contribution >= 4 is 45.2 Å². The largest absolute Gasteiger partial charge is 0.388 e. The summed E-state index contributed by atoms with van der Waals surface area (Å²) in [7, 11) is 0. The Kier molecular flexibility index (Phi) is 13.3. The SMILES string of the molecule is CCC1CC(C(=O)NC(C(C)Cl)C2O[C@H](SC)C(O)[C@H](O)[C@H]2O)CN(CCCCCCBr)C1. The third kappa shape index (κ3) is 8.48. The number of piperidine rings is 1. The van der Waals surface area contributed by atoms with Crippen LogP contribution in [0.2, 0.25) is 0 Å². The second-order valence-corrected chi connectivity index (χ2v) is 11.9. The molecule has 0 aromatic carbocycles. The molecule has 194 valence electrons. The van der Waals surface area contributed by atoms with Crippen LogP contribution in [0.15, 0.2) is 0 Å². The molecule has 7 nitrogen and oxygen atoms in total. The predicted octanol–water partition coefficient (Wildman–Crippen LogP) is 2.57. The van der Waals surface area contributed by atoms with Gasteiger partial charge in [-0.05, 0) is 44.9 Å². The fourth-order valence-corrected chi connectivity index (χ4v) is 6.14.